The average molecular weight is 484 g/mol. The molecule has 0 unspecified atom stereocenters. The first-order chi connectivity index (χ1) is 16.8. The van der Waals surface area contributed by atoms with Gasteiger partial charge in [-0.1, -0.05) is 63.2 Å². The van der Waals surface area contributed by atoms with E-state index in [2.05, 4.69) is 47.1 Å². The smallest absolute Gasteiger partial charge is 0.232 e. The van der Waals surface area contributed by atoms with E-state index in [4.69, 9.17) is 4.98 Å². The molecule has 2 aliphatic rings. The zero-order valence-corrected chi connectivity index (χ0v) is 21.1. The summed E-state index contributed by atoms with van der Waals surface area (Å²) in [4.78, 5) is 32.2. The number of nitrogens with zero attached hydrogens (tertiary/aromatic N) is 4. The molecule has 0 amide bonds. The molecule has 1 fully saturated rings. The van der Waals surface area contributed by atoms with E-state index in [1.54, 1.807) is 0 Å². The van der Waals surface area contributed by atoms with E-state index in [0.717, 1.165) is 40.5 Å². The van der Waals surface area contributed by atoms with Gasteiger partial charge in [-0.15, -0.1) is 0 Å². The molecule has 35 heavy (non-hydrogen) atoms. The Morgan fingerprint density at radius 3 is 2.40 bits per heavy atom. The van der Waals surface area contributed by atoms with Gasteiger partial charge in [0.05, 0.1) is 6.54 Å². The Hall–Kier alpha value is -3.32. The van der Waals surface area contributed by atoms with Gasteiger partial charge in [0.1, 0.15) is 11.7 Å². The number of hydrogen-bond acceptors (Lipinski definition) is 7. The molecule has 1 aliphatic carbocycles. The third-order valence-corrected chi connectivity index (χ3v) is 6.97. The molecular formula is C28H29N5OS. The van der Waals surface area contributed by atoms with Crippen molar-refractivity contribution in [2.75, 3.05) is 11.9 Å². The van der Waals surface area contributed by atoms with E-state index < -0.39 is 0 Å². The number of amidine groups is 1. The second-order valence-electron chi connectivity index (χ2n) is 10.0. The third-order valence-electron chi connectivity index (χ3n) is 6.10. The zero-order valence-electron chi connectivity index (χ0n) is 20.3. The molecule has 178 valence electrons. The largest absolute Gasteiger partial charge is 0.309 e. The minimum Gasteiger partial charge on any atom is -0.309 e. The van der Waals surface area contributed by atoms with Crippen LogP contribution in [0.4, 0.5) is 5.95 Å². The van der Waals surface area contributed by atoms with E-state index in [0.29, 0.717) is 30.0 Å². The Kier molecular flexibility index (Phi) is 6.52. The van der Waals surface area contributed by atoms with Crippen LogP contribution in [0.25, 0.3) is 0 Å². The molecule has 1 aromatic heterocycles. The first-order valence-electron chi connectivity index (χ1n) is 12.0. The van der Waals surface area contributed by atoms with Gasteiger partial charge in [-0.05, 0) is 59.4 Å². The average Bonchev–Trinajstić information content (AvgIpc) is 3.58. The first kappa shape index (κ1) is 23.4. The minimum absolute atomic E-state index is 0.0874. The SMILES string of the molecule is CC(C)(C)C1=CC(Nc2nc(Sc3ccc(CC(=O)c4ccccc4)cc3)nc(C3CC3)n2)=NC1. The number of Topliss-reactive ketones (excluding diaryl/α,β-unsaturated/α-hetero) is 1. The van der Waals surface area contributed by atoms with Crippen LogP contribution in [0.1, 0.15) is 61.3 Å². The first-order valence-corrected chi connectivity index (χ1v) is 12.8. The summed E-state index contributed by atoms with van der Waals surface area (Å²) in [6.07, 6.45) is 4.72. The second kappa shape index (κ2) is 9.74. The third kappa shape index (κ3) is 6.03. The number of rotatable bonds is 7. The van der Waals surface area contributed by atoms with Gasteiger partial charge in [0, 0.05) is 22.8 Å². The fraction of sp³-hybridized carbons (Fsp3) is 0.321. The van der Waals surface area contributed by atoms with Gasteiger partial charge >= 0.3 is 0 Å². The highest BCUT2D eigenvalue weighted by Gasteiger charge is 2.28. The minimum atomic E-state index is 0.0874. The number of carbonyl (C=O) groups excluding carboxylic acids is 1. The van der Waals surface area contributed by atoms with Gasteiger partial charge in [-0.3, -0.25) is 9.79 Å². The molecule has 6 nitrogen and oxygen atoms in total. The molecule has 3 aromatic rings. The van der Waals surface area contributed by atoms with Crippen molar-refractivity contribution in [3.8, 4) is 0 Å². The fourth-order valence-corrected chi connectivity index (χ4v) is 4.51. The van der Waals surface area contributed by atoms with Crippen molar-refractivity contribution in [1.82, 2.24) is 15.0 Å². The zero-order chi connectivity index (χ0) is 24.4. The van der Waals surface area contributed by atoms with Gasteiger partial charge in [0.25, 0.3) is 0 Å². The van der Waals surface area contributed by atoms with Crippen LogP contribution < -0.4 is 5.32 Å². The number of aliphatic imine (C=N–C) groups is 1. The van der Waals surface area contributed by atoms with Gasteiger partial charge < -0.3 is 5.32 Å². The van der Waals surface area contributed by atoms with Gasteiger partial charge in [0.15, 0.2) is 10.9 Å². The van der Waals surface area contributed by atoms with Crippen molar-refractivity contribution in [3.05, 3.63) is 83.2 Å². The number of benzene rings is 2. The highest BCUT2D eigenvalue weighted by molar-refractivity contribution is 7.99. The molecule has 0 spiro atoms. The molecule has 1 saturated carbocycles. The number of hydrogen-bond donors (Lipinski definition) is 1. The number of ketones is 1. The monoisotopic (exact) mass is 483 g/mol. The van der Waals surface area contributed by atoms with Crippen molar-refractivity contribution in [1.29, 1.82) is 0 Å². The van der Waals surface area contributed by atoms with Crippen molar-refractivity contribution in [2.24, 2.45) is 10.4 Å². The molecule has 7 heteroatoms. The molecule has 0 saturated heterocycles. The van der Waals surface area contributed by atoms with Crippen LogP contribution in [0, 0.1) is 5.41 Å². The topological polar surface area (TPSA) is 80.1 Å². The summed E-state index contributed by atoms with van der Waals surface area (Å²) in [5, 5.41) is 3.96. The summed E-state index contributed by atoms with van der Waals surface area (Å²) in [7, 11) is 0. The van der Waals surface area contributed by atoms with Crippen LogP contribution in [-0.2, 0) is 6.42 Å². The maximum absolute atomic E-state index is 12.5. The van der Waals surface area contributed by atoms with Crippen molar-refractivity contribution >= 4 is 29.3 Å². The Labute approximate surface area is 210 Å². The lowest BCUT2D eigenvalue weighted by Crippen LogP contribution is -2.13. The summed E-state index contributed by atoms with van der Waals surface area (Å²) < 4.78 is 0. The fourth-order valence-electron chi connectivity index (χ4n) is 3.76. The lowest BCUT2D eigenvalue weighted by atomic mass is 9.87. The lowest BCUT2D eigenvalue weighted by Gasteiger charge is -2.18. The van der Waals surface area contributed by atoms with Crippen LogP contribution in [-0.4, -0.2) is 33.1 Å². The van der Waals surface area contributed by atoms with Gasteiger partial charge in [-0.25, -0.2) is 4.98 Å². The highest BCUT2D eigenvalue weighted by Crippen LogP contribution is 2.39. The second-order valence-corrected chi connectivity index (χ2v) is 11.1. The standard InChI is InChI=1S/C28H29N5OS/c1-28(2,3)21-16-24(29-17-21)30-26-31-25(20-11-12-20)32-27(33-26)35-22-13-9-18(10-14-22)15-23(34)19-7-5-4-6-8-19/h4-10,13-14,16,20H,11-12,15,17H2,1-3H3,(H,29,30,31,32,33). The maximum Gasteiger partial charge on any atom is 0.232 e. The van der Waals surface area contributed by atoms with Crippen LogP contribution in [0.3, 0.4) is 0 Å². The maximum atomic E-state index is 12.5. The van der Waals surface area contributed by atoms with E-state index >= 15 is 0 Å². The number of carbonyl (C=O) groups is 1. The normalized spacial score (nSPS) is 15.5. The number of anilines is 1. The van der Waals surface area contributed by atoms with Crippen molar-refractivity contribution < 1.29 is 4.79 Å². The van der Waals surface area contributed by atoms with Crippen LogP contribution in [0.2, 0.25) is 0 Å². The molecule has 1 N–H and O–H groups in total. The van der Waals surface area contributed by atoms with Crippen LogP contribution in [0.15, 0.2) is 81.3 Å². The Balaban J connectivity index is 1.29. The molecule has 0 bridgehead atoms. The van der Waals surface area contributed by atoms with Gasteiger partial charge in [0.2, 0.25) is 5.95 Å². The van der Waals surface area contributed by atoms with E-state index in [1.807, 2.05) is 54.6 Å². The predicted octanol–water partition coefficient (Wildman–Crippen LogP) is 6.12. The molecular weight excluding hydrogens is 454 g/mol. The lowest BCUT2D eigenvalue weighted by molar-refractivity contribution is 0.0993. The molecule has 1 aliphatic heterocycles. The highest BCUT2D eigenvalue weighted by atomic mass is 32.2. The number of aromatic nitrogens is 3. The van der Waals surface area contributed by atoms with Gasteiger partial charge in [-0.2, -0.15) is 9.97 Å². The Morgan fingerprint density at radius 2 is 1.74 bits per heavy atom. The molecule has 0 atom stereocenters. The van der Waals surface area contributed by atoms with Crippen molar-refractivity contribution in [3.63, 3.8) is 0 Å². The molecule has 5 rings (SSSR count). The van der Waals surface area contributed by atoms with Crippen molar-refractivity contribution in [2.45, 2.75) is 56.0 Å². The molecule has 2 aromatic carbocycles. The Bertz CT molecular complexity index is 1290. The molecule has 0 radical (unpaired) electrons. The number of nitrogens with one attached hydrogen (secondary N) is 1. The predicted molar refractivity (Wildman–Crippen MR) is 140 cm³/mol. The summed E-state index contributed by atoms with van der Waals surface area (Å²) in [5.74, 6) is 2.71. The summed E-state index contributed by atoms with van der Waals surface area (Å²) >= 11 is 1.51. The quantitative estimate of drug-likeness (QED) is 0.408. The van der Waals surface area contributed by atoms with E-state index in [9.17, 15) is 4.79 Å². The summed E-state index contributed by atoms with van der Waals surface area (Å²) in [6.45, 7) is 7.29. The van der Waals surface area contributed by atoms with Crippen LogP contribution in [0.5, 0.6) is 0 Å². The van der Waals surface area contributed by atoms with E-state index in [-0.39, 0.29) is 11.2 Å². The molecule has 2 heterocycles. The Morgan fingerprint density at radius 1 is 1.00 bits per heavy atom. The van der Waals surface area contributed by atoms with E-state index in [1.165, 1.54) is 17.3 Å². The van der Waals surface area contributed by atoms with Crippen LogP contribution >= 0.6 is 11.8 Å². The summed E-state index contributed by atoms with van der Waals surface area (Å²) in [6, 6.07) is 17.4. The summed E-state index contributed by atoms with van der Waals surface area (Å²) in [5.41, 5.74) is 3.10.